The van der Waals surface area contributed by atoms with E-state index in [0.29, 0.717) is 5.56 Å². The minimum absolute atomic E-state index is 0.00984. The lowest BCUT2D eigenvalue weighted by Crippen LogP contribution is -2.46. The number of nitrogens with one attached hydrogen (secondary N) is 1. The summed E-state index contributed by atoms with van der Waals surface area (Å²) < 4.78 is 27.8. The first-order valence-corrected chi connectivity index (χ1v) is 9.04. The van der Waals surface area contributed by atoms with Gasteiger partial charge >= 0.3 is 0 Å². The Bertz CT molecular complexity index is 622. The summed E-state index contributed by atoms with van der Waals surface area (Å²) in [6.07, 6.45) is 4.16. The molecular formula is C15H22N2O2S2. The summed E-state index contributed by atoms with van der Waals surface area (Å²) in [7, 11) is -3.51. The van der Waals surface area contributed by atoms with Gasteiger partial charge in [-0.2, -0.15) is 0 Å². The maximum atomic E-state index is 12.5. The van der Waals surface area contributed by atoms with Crippen LogP contribution in [0.2, 0.25) is 0 Å². The predicted octanol–water partition coefficient (Wildman–Crippen LogP) is 2.57. The molecule has 0 aromatic heterocycles. The van der Waals surface area contributed by atoms with Gasteiger partial charge in [0, 0.05) is 11.6 Å². The zero-order chi connectivity index (χ0) is 15.7. The first kappa shape index (κ1) is 16.4. The van der Waals surface area contributed by atoms with Gasteiger partial charge in [0.05, 0.1) is 4.90 Å². The summed E-state index contributed by atoms with van der Waals surface area (Å²) in [6, 6.07) is 6.36. The van der Waals surface area contributed by atoms with Crippen LogP contribution in [0.25, 0.3) is 0 Å². The summed E-state index contributed by atoms with van der Waals surface area (Å²) in [4.78, 5) is 0.518. The van der Waals surface area contributed by atoms with Gasteiger partial charge in [-0.05, 0) is 30.4 Å². The minimum Gasteiger partial charge on any atom is -0.389 e. The van der Waals surface area contributed by atoms with E-state index in [1.807, 2.05) is 0 Å². The molecule has 0 aliphatic heterocycles. The van der Waals surface area contributed by atoms with Gasteiger partial charge in [-0.3, -0.25) is 0 Å². The van der Waals surface area contributed by atoms with Crippen LogP contribution in [0.1, 0.15) is 45.1 Å². The first-order chi connectivity index (χ1) is 9.72. The molecule has 3 N–H and O–H groups in total. The molecule has 2 rings (SSSR count). The van der Waals surface area contributed by atoms with Gasteiger partial charge in [0.1, 0.15) is 4.99 Å². The van der Waals surface area contributed by atoms with E-state index in [1.54, 1.807) is 24.3 Å². The highest BCUT2D eigenvalue weighted by atomic mass is 32.2. The van der Waals surface area contributed by atoms with Crippen LogP contribution in [-0.4, -0.2) is 19.4 Å². The summed E-state index contributed by atoms with van der Waals surface area (Å²) in [5, 5.41) is 0. The standard InChI is InChI=1S/C15H22N2O2S2/c1-15(2)10-4-3-5-13(15)17-21(18,19)12-8-6-11(7-9-12)14(16)20/h6-9,13,17H,3-5,10H2,1-2H3,(H2,16,20). The van der Waals surface area contributed by atoms with Crippen molar-refractivity contribution in [2.24, 2.45) is 11.1 Å². The van der Waals surface area contributed by atoms with Gasteiger partial charge in [-0.25, -0.2) is 13.1 Å². The Morgan fingerprint density at radius 2 is 1.90 bits per heavy atom. The highest BCUT2D eigenvalue weighted by molar-refractivity contribution is 7.89. The molecule has 1 aromatic rings. The third kappa shape index (κ3) is 3.81. The van der Waals surface area contributed by atoms with Gasteiger partial charge < -0.3 is 5.73 Å². The summed E-state index contributed by atoms with van der Waals surface area (Å²) in [6.45, 7) is 4.24. The molecule has 1 aliphatic rings. The van der Waals surface area contributed by atoms with Gasteiger partial charge in [-0.15, -0.1) is 0 Å². The summed E-state index contributed by atoms with van der Waals surface area (Å²) in [5.41, 5.74) is 6.18. The van der Waals surface area contributed by atoms with Crippen LogP contribution in [0.15, 0.2) is 29.2 Å². The SMILES string of the molecule is CC1(C)CCCCC1NS(=O)(=O)c1ccc(C(N)=S)cc1. The lowest BCUT2D eigenvalue weighted by atomic mass is 9.74. The van der Waals surface area contributed by atoms with Crippen molar-refractivity contribution >= 4 is 27.2 Å². The maximum Gasteiger partial charge on any atom is 0.240 e. The molecule has 1 unspecified atom stereocenters. The molecule has 0 bridgehead atoms. The molecule has 6 heteroatoms. The quantitative estimate of drug-likeness (QED) is 0.834. The van der Waals surface area contributed by atoms with E-state index >= 15 is 0 Å². The molecule has 1 fully saturated rings. The number of sulfonamides is 1. The maximum absolute atomic E-state index is 12.5. The third-order valence-electron chi connectivity index (χ3n) is 4.25. The van der Waals surface area contributed by atoms with E-state index in [4.69, 9.17) is 18.0 Å². The van der Waals surface area contributed by atoms with E-state index in [1.165, 1.54) is 0 Å². The second-order valence-electron chi connectivity index (χ2n) is 6.30. The second-order valence-corrected chi connectivity index (χ2v) is 8.45. The highest BCUT2D eigenvalue weighted by Crippen LogP contribution is 2.36. The lowest BCUT2D eigenvalue weighted by molar-refractivity contribution is 0.188. The molecule has 4 nitrogen and oxygen atoms in total. The van der Waals surface area contributed by atoms with Crippen LogP contribution < -0.4 is 10.5 Å². The Kier molecular flexibility index (Phi) is 4.70. The molecule has 21 heavy (non-hydrogen) atoms. The fourth-order valence-corrected chi connectivity index (χ4v) is 4.34. The molecule has 1 aliphatic carbocycles. The Labute approximate surface area is 132 Å². The third-order valence-corrected chi connectivity index (χ3v) is 5.98. The summed E-state index contributed by atoms with van der Waals surface area (Å²) in [5.74, 6) is 0. The monoisotopic (exact) mass is 326 g/mol. The fourth-order valence-electron chi connectivity index (χ4n) is 2.77. The Hall–Kier alpha value is -0.980. The van der Waals surface area contributed by atoms with Crippen LogP contribution in [0, 0.1) is 5.41 Å². The van der Waals surface area contributed by atoms with E-state index in [-0.39, 0.29) is 21.3 Å². The zero-order valence-electron chi connectivity index (χ0n) is 12.4. The molecule has 1 aromatic carbocycles. The fraction of sp³-hybridized carbons (Fsp3) is 0.533. The zero-order valence-corrected chi connectivity index (χ0v) is 14.1. The van der Waals surface area contributed by atoms with Crippen molar-refractivity contribution in [3.05, 3.63) is 29.8 Å². The van der Waals surface area contributed by atoms with Crippen molar-refractivity contribution in [2.45, 2.75) is 50.5 Å². The average Bonchev–Trinajstić information content (AvgIpc) is 2.41. The molecule has 1 saturated carbocycles. The average molecular weight is 326 g/mol. The number of thiocarbonyl (C=S) groups is 1. The van der Waals surface area contributed by atoms with Crippen LogP contribution >= 0.6 is 12.2 Å². The van der Waals surface area contributed by atoms with Crippen molar-refractivity contribution in [1.82, 2.24) is 4.72 Å². The van der Waals surface area contributed by atoms with E-state index in [0.717, 1.165) is 25.7 Å². The van der Waals surface area contributed by atoms with E-state index in [9.17, 15) is 8.42 Å². The number of benzene rings is 1. The molecule has 0 spiro atoms. The van der Waals surface area contributed by atoms with E-state index in [2.05, 4.69) is 18.6 Å². The van der Waals surface area contributed by atoms with Crippen molar-refractivity contribution in [2.75, 3.05) is 0 Å². The van der Waals surface area contributed by atoms with Crippen LogP contribution in [-0.2, 0) is 10.0 Å². The van der Waals surface area contributed by atoms with E-state index < -0.39 is 10.0 Å². The number of rotatable bonds is 4. The van der Waals surface area contributed by atoms with Gasteiger partial charge in [-0.1, -0.05) is 51.0 Å². The highest BCUT2D eigenvalue weighted by Gasteiger charge is 2.35. The van der Waals surface area contributed by atoms with Crippen LogP contribution in [0.5, 0.6) is 0 Å². The Morgan fingerprint density at radius 3 is 2.43 bits per heavy atom. The molecule has 0 amide bonds. The van der Waals surface area contributed by atoms with Gasteiger partial charge in [0.25, 0.3) is 0 Å². The Balaban J connectivity index is 2.20. The minimum atomic E-state index is -3.51. The second kappa shape index (κ2) is 6.02. The Morgan fingerprint density at radius 1 is 1.29 bits per heavy atom. The van der Waals surface area contributed by atoms with Crippen molar-refractivity contribution in [3.8, 4) is 0 Å². The molecule has 0 saturated heterocycles. The first-order valence-electron chi connectivity index (χ1n) is 7.14. The van der Waals surface area contributed by atoms with Crippen LogP contribution in [0.4, 0.5) is 0 Å². The molecule has 0 heterocycles. The van der Waals surface area contributed by atoms with Crippen molar-refractivity contribution < 1.29 is 8.42 Å². The number of hydrogen-bond acceptors (Lipinski definition) is 3. The van der Waals surface area contributed by atoms with Gasteiger partial charge in [0.15, 0.2) is 0 Å². The molecular weight excluding hydrogens is 304 g/mol. The number of nitrogens with two attached hydrogens (primary N) is 1. The van der Waals surface area contributed by atoms with Crippen molar-refractivity contribution in [3.63, 3.8) is 0 Å². The molecule has 116 valence electrons. The summed E-state index contributed by atoms with van der Waals surface area (Å²) >= 11 is 4.87. The predicted molar refractivity (Wildman–Crippen MR) is 88.7 cm³/mol. The lowest BCUT2D eigenvalue weighted by Gasteiger charge is -2.38. The smallest absolute Gasteiger partial charge is 0.240 e. The van der Waals surface area contributed by atoms with Crippen LogP contribution in [0.3, 0.4) is 0 Å². The largest absolute Gasteiger partial charge is 0.389 e. The normalized spacial score (nSPS) is 21.9. The molecule has 1 atom stereocenters. The number of hydrogen-bond donors (Lipinski definition) is 2. The topological polar surface area (TPSA) is 72.2 Å². The van der Waals surface area contributed by atoms with Crippen molar-refractivity contribution in [1.29, 1.82) is 0 Å². The van der Waals surface area contributed by atoms with Gasteiger partial charge in [0.2, 0.25) is 10.0 Å². The molecule has 0 radical (unpaired) electrons.